The van der Waals surface area contributed by atoms with Gasteiger partial charge in [0.05, 0.1) is 10.7 Å². The van der Waals surface area contributed by atoms with Crippen molar-refractivity contribution in [2.75, 3.05) is 5.32 Å². The summed E-state index contributed by atoms with van der Waals surface area (Å²) in [7, 11) is 0. The SMILES string of the molecule is CC(C)c1ccc(O[C@@H](C)C(=O)Nc2ccccc2Cl)cc1. The number of anilines is 1. The number of rotatable bonds is 5. The quantitative estimate of drug-likeness (QED) is 0.854. The molecule has 4 heteroatoms. The molecule has 1 atom stereocenters. The van der Waals surface area contributed by atoms with Crippen LogP contribution in [-0.4, -0.2) is 12.0 Å². The van der Waals surface area contributed by atoms with E-state index < -0.39 is 6.10 Å². The normalized spacial score (nSPS) is 12.0. The molecule has 1 N–H and O–H groups in total. The van der Waals surface area contributed by atoms with E-state index in [-0.39, 0.29) is 5.91 Å². The van der Waals surface area contributed by atoms with E-state index in [2.05, 4.69) is 19.2 Å². The van der Waals surface area contributed by atoms with Crippen LogP contribution in [0, 0.1) is 0 Å². The summed E-state index contributed by atoms with van der Waals surface area (Å²) >= 11 is 6.02. The highest BCUT2D eigenvalue weighted by atomic mass is 35.5. The number of benzene rings is 2. The minimum absolute atomic E-state index is 0.235. The van der Waals surface area contributed by atoms with Gasteiger partial charge in [-0.2, -0.15) is 0 Å². The van der Waals surface area contributed by atoms with Gasteiger partial charge < -0.3 is 10.1 Å². The molecular formula is C18H20ClNO2. The number of carbonyl (C=O) groups excluding carboxylic acids is 1. The Morgan fingerprint density at radius 3 is 2.27 bits per heavy atom. The highest BCUT2D eigenvalue weighted by molar-refractivity contribution is 6.33. The smallest absolute Gasteiger partial charge is 0.265 e. The van der Waals surface area contributed by atoms with E-state index >= 15 is 0 Å². The number of halogens is 1. The van der Waals surface area contributed by atoms with E-state index in [0.717, 1.165) is 0 Å². The van der Waals surface area contributed by atoms with Gasteiger partial charge >= 0.3 is 0 Å². The number of ether oxygens (including phenoxy) is 1. The minimum Gasteiger partial charge on any atom is -0.481 e. The monoisotopic (exact) mass is 317 g/mol. The van der Waals surface area contributed by atoms with Crippen LogP contribution in [0.4, 0.5) is 5.69 Å². The van der Waals surface area contributed by atoms with Crippen molar-refractivity contribution < 1.29 is 9.53 Å². The molecule has 0 saturated heterocycles. The molecular weight excluding hydrogens is 298 g/mol. The Balaban J connectivity index is 1.98. The van der Waals surface area contributed by atoms with Crippen LogP contribution in [0.3, 0.4) is 0 Å². The fourth-order valence-electron chi connectivity index (χ4n) is 1.99. The molecule has 22 heavy (non-hydrogen) atoms. The van der Waals surface area contributed by atoms with E-state index in [1.807, 2.05) is 36.4 Å². The number of amides is 1. The lowest BCUT2D eigenvalue weighted by Crippen LogP contribution is -2.30. The van der Waals surface area contributed by atoms with Crippen molar-refractivity contribution in [3.63, 3.8) is 0 Å². The zero-order valence-corrected chi connectivity index (χ0v) is 13.7. The van der Waals surface area contributed by atoms with Gasteiger partial charge in [0.2, 0.25) is 0 Å². The Labute approximate surface area is 136 Å². The van der Waals surface area contributed by atoms with Gasteiger partial charge in [-0.3, -0.25) is 4.79 Å². The molecule has 1 amide bonds. The molecule has 2 rings (SSSR count). The first-order valence-electron chi connectivity index (χ1n) is 7.29. The molecule has 0 aliphatic rings. The first kappa shape index (κ1) is 16.4. The van der Waals surface area contributed by atoms with Crippen molar-refractivity contribution in [1.29, 1.82) is 0 Å². The highest BCUT2D eigenvalue weighted by Gasteiger charge is 2.16. The maximum absolute atomic E-state index is 12.1. The number of hydrogen-bond donors (Lipinski definition) is 1. The summed E-state index contributed by atoms with van der Waals surface area (Å²) in [5.74, 6) is 0.905. The molecule has 0 spiro atoms. The summed E-state index contributed by atoms with van der Waals surface area (Å²) in [5.41, 5.74) is 1.82. The third-order valence-electron chi connectivity index (χ3n) is 3.36. The molecule has 2 aromatic carbocycles. The summed E-state index contributed by atoms with van der Waals surface area (Å²) in [4.78, 5) is 12.1. The molecule has 116 valence electrons. The van der Waals surface area contributed by atoms with Gasteiger partial charge in [-0.15, -0.1) is 0 Å². The van der Waals surface area contributed by atoms with Crippen molar-refractivity contribution in [3.05, 3.63) is 59.1 Å². The van der Waals surface area contributed by atoms with Gasteiger partial charge in [0, 0.05) is 0 Å². The van der Waals surface area contributed by atoms with Gasteiger partial charge in [0.25, 0.3) is 5.91 Å². The first-order chi connectivity index (χ1) is 10.5. The standard InChI is InChI=1S/C18H20ClNO2/c1-12(2)14-8-10-15(11-9-14)22-13(3)18(21)20-17-7-5-4-6-16(17)19/h4-13H,1-3H3,(H,20,21)/t13-/m0/s1. The average Bonchev–Trinajstić information content (AvgIpc) is 2.50. The molecule has 0 unspecified atom stereocenters. The highest BCUT2D eigenvalue weighted by Crippen LogP contribution is 2.22. The van der Waals surface area contributed by atoms with Crippen LogP contribution in [-0.2, 0) is 4.79 Å². The Morgan fingerprint density at radius 2 is 1.68 bits per heavy atom. The summed E-state index contributed by atoms with van der Waals surface area (Å²) in [5, 5.41) is 3.27. The van der Waals surface area contributed by atoms with E-state index in [1.165, 1.54) is 5.56 Å². The van der Waals surface area contributed by atoms with Crippen molar-refractivity contribution in [1.82, 2.24) is 0 Å². The van der Waals surface area contributed by atoms with Gasteiger partial charge in [0.1, 0.15) is 5.75 Å². The molecule has 0 bridgehead atoms. The maximum atomic E-state index is 12.1. The molecule has 0 aliphatic carbocycles. The second-order valence-corrected chi connectivity index (χ2v) is 5.86. The van der Waals surface area contributed by atoms with Crippen molar-refractivity contribution >= 4 is 23.2 Å². The lowest BCUT2D eigenvalue weighted by Gasteiger charge is -2.16. The Kier molecular flexibility index (Phi) is 5.45. The first-order valence-corrected chi connectivity index (χ1v) is 7.67. The second-order valence-electron chi connectivity index (χ2n) is 5.45. The van der Waals surface area contributed by atoms with Crippen LogP contribution in [0.25, 0.3) is 0 Å². The summed E-state index contributed by atoms with van der Waals surface area (Å²) in [6, 6.07) is 14.9. The van der Waals surface area contributed by atoms with Gasteiger partial charge in [-0.05, 0) is 42.7 Å². The summed E-state index contributed by atoms with van der Waals surface area (Å²) < 4.78 is 5.67. The van der Waals surface area contributed by atoms with E-state index in [1.54, 1.807) is 19.1 Å². The Morgan fingerprint density at radius 1 is 1.05 bits per heavy atom. The molecule has 2 aromatic rings. The third kappa shape index (κ3) is 4.25. The number of para-hydroxylation sites is 1. The van der Waals surface area contributed by atoms with Crippen LogP contribution in [0.2, 0.25) is 5.02 Å². The fraction of sp³-hybridized carbons (Fsp3) is 0.278. The lowest BCUT2D eigenvalue weighted by molar-refractivity contribution is -0.122. The van der Waals surface area contributed by atoms with E-state index in [0.29, 0.717) is 22.4 Å². The van der Waals surface area contributed by atoms with Gasteiger partial charge in [-0.1, -0.05) is 49.7 Å². The molecule has 0 aliphatic heterocycles. The van der Waals surface area contributed by atoms with Crippen LogP contribution < -0.4 is 10.1 Å². The van der Waals surface area contributed by atoms with Crippen molar-refractivity contribution in [3.8, 4) is 5.75 Å². The molecule has 0 saturated carbocycles. The Hall–Kier alpha value is -2.00. The van der Waals surface area contributed by atoms with E-state index in [4.69, 9.17) is 16.3 Å². The van der Waals surface area contributed by atoms with Crippen LogP contribution >= 0.6 is 11.6 Å². The second kappa shape index (κ2) is 7.32. The molecule has 0 aromatic heterocycles. The molecule has 3 nitrogen and oxygen atoms in total. The van der Waals surface area contributed by atoms with Crippen molar-refractivity contribution in [2.45, 2.75) is 32.8 Å². The maximum Gasteiger partial charge on any atom is 0.265 e. The van der Waals surface area contributed by atoms with Crippen LogP contribution in [0.5, 0.6) is 5.75 Å². The summed E-state index contributed by atoms with van der Waals surface area (Å²) in [6.45, 7) is 5.98. The third-order valence-corrected chi connectivity index (χ3v) is 3.69. The van der Waals surface area contributed by atoms with Crippen LogP contribution in [0.1, 0.15) is 32.3 Å². The topological polar surface area (TPSA) is 38.3 Å². The van der Waals surface area contributed by atoms with E-state index in [9.17, 15) is 4.79 Å². The summed E-state index contributed by atoms with van der Waals surface area (Å²) in [6.07, 6.45) is -0.610. The lowest BCUT2D eigenvalue weighted by atomic mass is 10.0. The fourth-order valence-corrected chi connectivity index (χ4v) is 2.17. The molecule has 0 heterocycles. The molecule has 0 fully saturated rings. The Bertz CT molecular complexity index is 638. The molecule has 0 radical (unpaired) electrons. The number of carbonyl (C=O) groups is 1. The zero-order chi connectivity index (χ0) is 16.1. The zero-order valence-electron chi connectivity index (χ0n) is 13.0. The number of nitrogens with one attached hydrogen (secondary N) is 1. The van der Waals surface area contributed by atoms with Gasteiger partial charge in [-0.25, -0.2) is 0 Å². The van der Waals surface area contributed by atoms with Crippen LogP contribution in [0.15, 0.2) is 48.5 Å². The predicted molar refractivity (Wildman–Crippen MR) is 90.7 cm³/mol. The van der Waals surface area contributed by atoms with Crippen molar-refractivity contribution in [2.24, 2.45) is 0 Å². The largest absolute Gasteiger partial charge is 0.481 e. The minimum atomic E-state index is -0.610. The average molecular weight is 318 g/mol. The predicted octanol–water partition coefficient (Wildman–Crippen LogP) is 4.87. The number of hydrogen-bond acceptors (Lipinski definition) is 2. The van der Waals surface area contributed by atoms with Gasteiger partial charge in [0.15, 0.2) is 6.10 Å².